The van der Waals surface area contributed by atoms with Gasteiger partial charge in [-0.3, -0.25) is 14.4 Å². The maximum Gasteiger partial charge on any atom is 0.251 e. The molecule has 0 saturated heterocycles. The van der Waals surface area contributed by atoms with Gasteiger partial charge in [0.25, 0.3) is 5.91 Å². The largest absolute Gasteiger partial charge is 0.352 e. The molecule has 4 rings (SSSR count). The first-order valence-electron chi connectivity index (χ1n) is 11.8. The highest BCUT2D eigenvalue weighted by atomic mass is 16.2. The van der Waals surface area contributed by atoms with Crippen LogP contribution in [0.5, 0.6) is 0 Å². The van der Waals surface area contributed by atoms with Crippen LogP contribution in [-0.2, 0) is 20.9 Å². The van der Waals surface area contributed by atoms with Gasteiger partial charge in [-0.25, -0.2) is 0 Å². The van der Waals surface area contributed by atoms with Crippen LogP contribution in [0.3, 0.4) is 0 Å². The number of rotatable bonds is 8. The SMILES string of the molecule is CC(=O)Nc1ccc(N(CC(=O)NC2CCCCC2)C(=O)Cn2nnc(-c3ccccc3)n2)cc1. The molecule has 0 radical (unpaired) electrons. The quantitative estimate of drug-likeness (QED) is 0.517. The van der Waals surface area contributed by atoms with Gasteiger partial charge < -0.3 is 15.5 Å². The molecule has 1 aliphatic rings. The number of tetrazole rings is 1. The molecule has 10 heteroatoms. The van der Waals surface area contributed by atoms with E-state index in [0.717, 1.165) is 31.2 Å². The lowest BCUT2D eigenvalue weighted by molar-refractivity contribution is -0.124. The van der Waals surface area contributed by atoms with Gasteiger partial charge in [0.15, 0.2) is 0 Å². The lowest BCUT2D eigenvalue weighted by Crippen LogP contribution is -2.46. The molecule has 1 saturated carbocycles. The second-order valence-corrected chi connectivity index (χ2v) is 8.62. The standard InChI is InChI=1S/C25H29N7O3/c1-18(33)26-21-12-14-22(15-13-21)31(16-23(34)27-20-10-6-3-7-11-20)24(35)17-32-29-25(28-30-32)19-8-4-2-5-9-19/h2,4-5,8-9,12-15,20H,3,6-7,10-11,16-17H2,1H3,(H,26,33)(H,27,34). The molecule has 0 spiro atoms. The number of hydrogen-bond acceptors (Lipinski definition) is 6. The number of carbonyl (C=O) groups excluding carboxylic acids is 3. The fourth-order valence-electron chi connectivity index (χ4n) is 4.13. The molecule has 2 N–H and O–H groups in total. The van der Waals surface area contributed by atoms with Crippen molar-refractivity contribution in [3.05, 3.63) is 54.6 Å². The minimum absolute atomic E-state index is 0.130. The monoisotopic (exact) mass is 475 g/mol. The van der Waals surface area contributed by atoms with Crippen molar-refractivity contribution in [3.8, 4) is 11.4 Å². The fraction of sp³-hybridized carbons (Fsp3) is 0.360. The van der Waals surface area contributed by atoms with Gasteiger partial charge in [0.2, 0.25) is 17.6 Å². The van der Waals surface area contributed by atoms with Crippen LogP contribution < -0.4 is 15.5 Å². The van der Waals surface area contributed by atoms with Crippen molar-refractivity contribution in [1.82, 2.24) is 25.5 Å². The summed E-state index contributed by atoms with van der Waals surface area (Å²) in [6.45, 7) is 1.12. The zero-order valence-corrected chi connectivity index (χ0v) is 19.7. The van der Waals surface area contributed by atoms with Crippen molar-refractivity contribution in [2.45, 2.75) is 51.6 Å². The number of aromatic nitrogens is 4. The summed E-state index contributed by atoms with van der Waals surface area (Å²) < 4.78 is 0. The molecular formula is C25H29N7O3. The Morgan fingerprint density at radius 3 is 2.40 bits per heavy atom. The van der Waals surface area contributed by atoms with Crippen LogP contribution in [-0.4, -0.2) is 50.5 Å². The summed E-state index contributed by atoms with van der Waals surface area (Å²) >= 11 is 0. The number of carbonyl (C=O) groups is 3. The predicted octanol–water partition coefficient (Wildman–Crippen LogP) is 2.78. The molecule has 0 atom stereocenters. The van der Waals surface area contributed by atoms with Crippen LogP contribution >= 0.6 is 0 Å². The first-order valence-corrected chi connectivity index (χ1v) is 11.8. The Balaban J connectivity index is 1.49. The Kier molecular flexibility index (Phi) is 7.81. The summed E-state index contributed by atoms with van der Waals surface area (Å²) in [5.41, 5.74) is 1.93. The van der Waals surface area contributed by atoms with Gasteiger partial charge in [0, 0.05) is 29.9 Å². The maximum atomic E-state index is 13.3. The fourth-order valence-corrected chi connectivity index (χ4v) is 4.13. The number of anilines is 2. The molecule has 0 bridgehead atoms. The van der Waals surface area contributed by atoms with E-state index in [1.54, 1.807) is 24.3 Å². The Hall–Kier alpha value is -4.08. The third kappa shape index (κ3) is 6.72. The average Bonchev–Trinajstić information content (AvgIpc) is 3.32. The van der Waals surface area contributed by atoms with Gasteiger partial charge in [-0.1, -0.05) is 49.6 Å². The zero-order valence-electron chi connectivity index (χ0n) is 19.7. The molecular weight excluding hydrogens is 446 g/mol. The van der Waals surface area contributed by atoms with E-state index >= 15 is 0 Å². The van der Waals surface area contributed by atoms with Gasteiger partial charge in [0.05, 0.1) is 0 Å². The Morgan fingerprint density at radius 2 is 1.71 bits per heavy atom. The van der Waals surface area contributed by atoms with Crippen LogP contribution in [0.1, 0.15) is 39.0 Å². The van der Waals surface area contributed by atoms with E-state index in [9.17, 15) is 14.4 Å². The number of nitrogens with one attached hydrogen (secondary N) is 2. The van der Waals surface area contributed by atoms with E-state index in [2.05, 4.69) is 26.0 Å². The third-order valence-electron chi connectivity index (χ3n) is 5.83. The molecule has 2 aromatic carbocycles. The Morgan fingerprint density at radius 1 is 1.00 bits per heavy atom. The molecule has 182 valence electrons. The molecule has 1 fully saturated rings. The third-order valence-corrected chi connectivity index (χ3v) is 5.83. The predicted molar refractivity (Wildman–Crippen MR) is 131 cm³/mol. The molecule has 3 aromatic rings. The lowest BCUT2D eigenvalue weighted by Gasteiger charge is -2.26. The second kappa shape index (κ2) is 11.4. The van der Waals surface area contributed by atoms with Gasteiger partial charge in [-0.15, -0.1) is 10.2 Å². The number of benzene rings is 2. The molecule has 3 amide bonds. The smallest absolute Gasteiger partial charge is 0.251 e. The van der Waals surface area contributed by atoms with E-state index in [1.807, 2.05) is 30.3 Å². The van der Waals surface area contributed by atoms with E-state index < -0.39 is 0 Å². The summed E-state index contributed by atoms with van der Waals surface area (Å²) in [5, 5.41) is 18.1. The number of nitrogens with zero attached hydrogens (tertiary/aromatic N) is 5. The van der Waals surface area contributed by atoms with Crippen molar-refractivity contribution in [3.63, 3.8) is 0 Å². The van der Waals surface area contributed by atoms with Crippen LogP contribution in [0.15, 0.2) is 54.6 Å². The van der Waals surface area contributed by atoms with E-state index in [-0.39, 0.29) is 36.9 Å². The number of amides is 3. The van der Waals surface area contributed by atoms with Crippen molar-refractivity contribution in [2.75, 3.05) is 16.8 Å². The highest BCUT2D eigenvalue weighted by molar-refractivity contribution is 5.99. The summed E-state index contributed by atoms with van der Waals surface area (Å²) in [4.78, 5) is 40.1. The first-order chi connectivity index (χ1) is 17.0. The molecule has 1 aliphatic carbocycles. The van der Waals surface area contributed by atoms with Crippen LogP contribution in [0, 0.1) is 0 Å². The van der Waals surface area contributed by atoms with Crippen LogP contribution in [0.25, 0.3) is 11.4 Å². The van der Waals surface area contributed by atoms with Gasteiger partial charge in [0.1, 0.15) is 13.1 Å². The molecule has 10 nitrogen and oxygen atoms in total. The molecule has 35 heavy (non-hydrogen) atoms. The van der Waals surface area contributed by atoms with E-state index in [0.29, 0.717) is 17.2 Å². The second-order valence-electron chi connectivity index (χ2n) is 8.62. The lowest BCUT2D eigenvalue weighted by atomic mass is 9.95. The van der Waals surface area contributed by atoms with Crippen molar-refractivity contribution in [1.29, 1.82) is 0 Å². The molecule has 0 aliphatic heterocycles. The minimum Gasteiger partial charge on any atom is -0.352 e. The molecule has 1 aromatic heterocycles. The highest BCUT2D eigenvalue weighted by Gasteiger charge is 2.23. The van der Waals surface area contributed by atoms with Crippen LogP contribution in [0.4, 0.5) is 11.4 Å². The first kappa shape index (κ1) is 24.1. The van der Waals surface area contributed by atoms with E-state index in [1.165, 1.54) is 23.0 Å². The summed E-state index contributed by atoms with van der Waals surface area (Å²) in [5.74, 6) is -0.343. The summed E-state index contributed by atoms with van der Waals surface area (Å²) in [6, 6.07) is 16.3. The van der Waals surface area contributed by atoms with Gasteiger partial charge in [-0.2, -0.15) is 4.80 Å². The Bertz CT molecular complexity index is 1160. The van der Waals surface area contributed by atoms with Gasteiger partial charge in [-0.05, 0) is 42.3 Å². The topological polar surface area (TPSA) is 122 Å². The van der Waals surface area contributed by atoms with Crippen molar-refractivity contribution in [2.24, 2.45) is 0 Å². The highest BCUT2D eigenvalue weighted by Crippen LogP contribution is 2.20. The van der Waals surface area contributed by atoms with Crippen LogP contribution in [0.2, 0.25) is 0 Å². The minimum atomic E-state index is -0.354. The van der Waals surface area contributed by atoms with Gasteiger partial charge >= 0.3 is 0 Å². The molecule has 0 unspecified atom stereocenters. The van der Waals surface area contributed by atoms with Crippen molar-refractivity contribution >= 4 is 29.1 Å². The zero-order chi connectivity index (χ0) is 24.6. The number of hydrogen-bond donors (Lipinski definition) is 2. The normalized spacial score (nSPS) is 13.7. The van der Waals surface area contributed by atoms with E-state index in [4.69, 9.17) is 0 Å². The average molecular weight is 476 g/mol. The summed E-state index contributed by atoms with van der Waals surface area (Å²) in [7, 11) is 0. The van der Waals surface area contributed by atoms with Crippen molar-refractivity contribution < 1.29 is 14.4 Å². The Labute approximate surface area is 203 Å². The summed E-state index contributed by atoms with van der Waals surface area (Å²) in [6.07, 6.45) is 5.29. The maximum absolute atomic E-state index is 13.3. The molecule has 1 heterocycles.